The number of rotatable bonds is 9. The third-order valence-corrected chi connectivity index (χ3v) is 9.36. The summed E-state index contributed by atoms with van der Waals surface area (Å²) in [5.74, 6) is -1.07. The van der Waals surface area contributed by atoms with Crippen LogP contribution in [-0.2, 0) is 20.8 Å². The first-order chi connectivity index (χ1) is 19.8. The van der Waals surface area contributed by atoms with E-state index in [1.54, 1.807) is 29.1 Å². The van der Waals surface area contributed by atoms with Gasteiger partial charge in [0.25, 0.3) is 0 Å². The summed E-state index contributed by atoms with van der Waals surface area (Å²) in [6.45, 7) is 0. The standard InChI is InChI=1S/C31H33FN4O4S/c1-35-27(37)11-6-19-13-21(16-33-29(19)35)24-10-7-22(32)15-25(24)26-17-41-31(34-26)36(23-8-9-23)30(40)20(14-28(38)39)12-18-4-2-3-5-18/h7,10,13,15-18,20,23H,2-6,8-9,11-12,14H2,1H3,(H,38,39)/t20-/m1/s1. The Morgan fingerprint density at radius 1 is 1.15 bits per heavy atom. The van der Waals surface area contributed by atoms with E-state index in [1.165, 1.54) is 23.5 Å². The van der Waals surface area contributed by atoms with Crippen molar-refractivity contribution in [3.63, 3.8) is 0 Å². The number of benzene rings is 1. The fourth-order valence-electron chi connectivity index (χ4n) is 6.23. The molecule has 3 aromatic rings. The summed E-state index contributed by atoms with van der Waals surface area (Å²) >= 11 is 1.33. The molecule has 214 valence electrons. The minimum absolute atomic E-state index is 0.0119. The molecule has 0 radical (unpaired) electrons. The number of anilines is 2. The molecule has 3 aliphatic rings. The van der Waals surface area contributed by atoms with E-state index in [0.29, 0.717) is 47.4 Å². The molecule has 0 spiro atoms. The van der Waals surface area contributed by atoms with Crippen molar-refractivity contribution in [2.24, 2.45) is 11.8 Å². The number of carboxylic acids is 1. The summed E-state index contributed by atoms with van der Waals surface area (Å²) in [7, 11) is 1.72. The van der Waals surface area contributed by atoms with Gasteiger partial charge in [0.15, 0.2) is 5.13 Å². The fourth-order valence-corrected chi connectivity index (χ4v) is 7.13. The number of nitrogens with zero attached hydrogens (tertiary/aromatic N) is 4. The van der Waals surface area contributed by atoms with Gasteiger partial charge in [-0.15, -0.1) is 11.3 Å². The summed E-state index contributed by atoms with van der Waals surface area (Å²) in [6, 6.07) is 6.56. The Kier molecular flexibility index (Phi) is 7.59. The molecule has 41 heavy (non-hydrogen) atoms. The van der Waals surface area contributed by atoms with Crippen molar-refractivity contribution >= 4 is 40.1 Å². The summed E-state index contributed by atoms with van der Waals surface area (Å²) in [4.78, 5) is 50.3. The van der Waals surface area contributed by atoms with Crippen LogP contribution in [0.15, 0.2) is 35.8 Å². The van der Waals surface area contributed by atoms with Gasteiger partial charge in [-0.3, -0.25) is 24.2 Å². The molecule has 3 heterocycles. The van der Waals surface area contributed by atoms with Crippen LogP contribution in [0, 0.1) is 17.7 Å². The predicted molar refractivity (Wildman–Crippen MR) is 155 cm³/mol. The first kappa shape index (κ1) is 27.5. The molecule has 2 fully saturated rings. The maximum absolute atomic E-state index is 14.6. The van der Waals surface area contributed by atoms with Gasteiger partial charge in [-0.05, 0) is 60.9 Å². The molecule has 0 bridgehead atoms. The van der Waals surface area contributed by atoms with Crippen LogP contribution in [-0.4, -0.2) is 45.9 Å². The minimum Gasteiger partial charge on any atom is -0.481 e. The maximum Gasteiger partial charge on any atom is 0.304 e. The second kappa shape index (κ2) is 11.3. The smallest absolute Gasteiger partial charge is 0.304 e. The zero-order valence-corrected chi connectivity index (χ0v) is 23.8. The number of pyridine rings is 1. The number of aryl methyl sites for hydroxylation is 1. The van der Waals surface area contributed by atoms with Crippen LogP contribution in [0.25, 0.3) is 22.4 Å². The first-order valence-electron chi connectivity index (χ1n) is 14.3. The molecule has 1 atom stereocenters. The van der Waals surface area contributed by atoms with Gasteiger partial charge < -0.3 is 5.11 Å². The Labute approximate surface area is 242 Å². The number of halogens is 1. The molecule has 0 saturated heterocycles. The number of fused-ring (bicyclic) bond motifs is 1. The number of hydrogen-bond donors (Lipinski definition) is 1. The van der Waals surface area contributed by atoms with E-state index in [4.69, 9.17) is 4.98 Å². The van der Waals surface area contributed by atoms with E-state index in [0.717, 1.165) is 55.2 Å². The number of carboxylic acid groups (broad SMARTS) is 1. The fraction of sp³-hybridized carbons (Fsp3) is 0.452. The van der Waals surface area contributed by atoms with E-state index in [2.05, 4.69) is 4.98 Å². The molecule has 6 rings (SSSR count). The Morgan fingerprint density at radius 2 is 1.93 bits per heavy atom. The Hall–Kier alpha value is -3.66. The zero-order valence-electron chi connectivity index (χ0n) is 23.0. The molecular formula is C31H33FN4O4S. The molecule has 2 amide bonds. The Morgan fingerprint density at radius 3 is 2.66 bits per heavy atom. The van der Waals surface area contributed by atoms with Crippen molar-refractivity contribution in [1.82, 2.24) is 9.97 Å². The highest BCUT2D eigenvalue weighted by atomic mass is 32.1. The lowest BCUT2D eigenvalue weighted by Crippen LogP contribution is -2.39. The molecule has 2 aromatic heterocycles. The Bertz CT molecular complexity index is 1500. The van der Waals surface area contributed by atoms with Crippen molar-refractivity contribution < 1.29 is 23.9 Å². The van der Waals surface area contributed by atoms with Gasteiger partial charge in [0.1, 0.15) is 11.6 Å². The number of amides is 2. The third-order valence-electron chi connectivity index (χ3n) is 8.52. The molecular weight excluding hydrogens is 543 g/mol. The van der Waals surface area contributed by atoms with Gasteiger partial charge in [0, 0.05) is 48.1 Å². The molecule has 10 heteroatoms. The Balaban J connectivity index is 1.32. The van der Waals surface area contributed by atoms with Crippen molar-refractivity contribution in [3.8, 4) is 22.4 Å². The zero-order chi connectivity index (χ0) is 28.7. The molecule has 0 unspecified atom stereocenters. The number of aromatic nitrogens is 2. The van der Waals surface area contributed by atoms with Crippen molar-refractivity contribution in [1.29, 1.82) is 0 Å². The number of thiazole rings is 1. The summed E-state index contributed by atoms with van der Waals surface area (Å²) in [5.41, 5.74) is 3.65. The van der Waals surface area contributed by atoms with Crippen LogP contribution < -0.4 is 9.80 Å². The number of hydrogen-bond acceptors (Lipinski definition) is 6. The molecule has 8 nitrogen and oxygen atoms in total. The van der Waals surface area contributed by atoms with Crippen LogP contribution in [0.4, 0.5) is 15.3 Å². The van der Waals surface area contributed by atoms with Gasteiger partial charge in [0.05, 0.1) is 12.1 Å². The SMILES string of the molecule is CN1C(=O)CCc2cc(-c3ccc(F)cc3-c3csc(N(C(=O)[C@@H](CC(=O)O)CC4CCCC4)C4CC4)n3)cnc21. The highest BCUT2D eigenvalue weighted by molar-refractivity contribution is 7.14. The van der Waals surface area contributed by atoms with Crippen LogP contribution in [0.5, 0.6) is 0 Å². The molecule has 1 N–H and O–H groups in total. The van der Waals surface area contributed by atoms with Crippen molar-refractivity contribution in [3.05, 3.63) is 47.2 Å². The van der Waals surface area contributed by atoms with Gasteiger partial charge in [-0.2, -0.15) is 0 Å². The second-order valence-corrected chi connectivity index (χ2v) is 12.3. The van der Waals surface area contributed by atoms with Crippen LogP contribution in [0.2, 0.25) is 0 Å². The third kappa shape index (κ3) is 5.75. The number of carbonyl (C=O) groups is 3. The van der Waals surface area contributed by atoms with Gasteiger partial charge >= 0.3 is 5.97 Å². The van der Waals surface area contributed by atoms with Gasteiger partial charge in [-0.1, -0.05) is 31.7 Å². The van der Waals surface area contributed by atoms with Crippen LogP contribution in [0.3, 0.4) is 0 Å². The summed E-state index contributed by atoms with van der Waals surface area (Å²) in [6.07, 6.45) is 9.15. The average Bonchev–Trinajstić information content (AvgIpc) is 3.42. The van der Waals surface area contributed by atoms with E-state index in [-0.39, 0.29) is 24.3 Å². The van der Waals surface area contributed by atoms with Gasteiger partial charge in [-0.25, -0.2) is 14.4 Å². The molecule has 1 aliphatic heterocycles. The second-order valence-electron chi connectivity index (χ2n) is 11.5. The molecule has 2 saturated carbocycles. The minimum atomic E-state index is -0.962. The van der Waals surface area contributed by atoms with E-state index < -0.39 is 17.7 Å². The van der Waals surface area contributed by atoms with E-state index in [9.17, 15) is 23.9 Å². The largest absolute Gasteiger partial charge is 0.481 e. The maximum atomic E-state index is 14.6. The highest BCUT2D eigenvalue weighted by Gasteiger charge is 2.40. The lowest BCUT2D eigenvalue weighted by molar-refractivity contribution is -0.141. The quantitative estimate of drug-likeness (QED) is 0.331. The van der Waals surface area contributed by atoms with Crippen molar-refractivity contribution in [2.45, 2.75) is 70.3 Å². The van der Waals surface area contributed by atoms with Gasteiger partial charge in [0.2, 0.25) is 11.8 Å². The first-order valence-corrected chi connectivity index (χ1v) is 15.2. The topological polar surface area (TPSA) is 104 Å². The summed E-state index contributed by atoms with van der Waals surface area (Å²) in [5, 5.41) is 11.9. The lowest BCUT2D eigenvalue weighted by atomic mass is 9.90. The lowest BCUT2D eigenvalue weighted by Gasteiger charge is -2.26. The van der Waals surface area contributed by atoms with E-state index >= 15 is 0 Å². The van der Waals surface area contributed by atoms with E-state index in [1.807, 2.05) is 11.4 Å². The van der Waals surface area contributed by atoms with Crippen LogP contribution in [0.1, 0.15) is 63.4 Å². The predicted octanol–water partition coefficient (Wildman–Crippen LogP) is 6.09. The molecule has 1 aromatic carbocycles. The summed E-state index contributed by atoms with van der Waals surface area (Å²) < 4.78 is 14.6. The average molecular weight is 577 g/mol. The highest BCUT2D eigenvalue weighted by Crippen LogP contribution is 2.41. The van der Waals surface area contributed by atoms with Crippen LogP contribution >= 0.6 is 11.3 Å². The van der Waals surface area contributed by atoms with Crippen molar-refractivity contribution in [2.75, 3.05) is 16.8 Å². The molecule has 2 aliphatic carbocycles. The monoisotopic (exact) mass is 576 g/mol. The normalized spacial score (nSPS) is 17.9. The number of aliphatic carboxylic acids is 1. The number of carbonyl (C=O) groups excluding carboxylic acids is 2.